The van der Waals surface area contributed by atoms with Crippen molar-refractivity contribution >= 4 is 28.8 Å². The van der Waals surface area contributed by atoms with E-state index in [9.17, 15) is 0 Å². The summed E-state index contributed by atoms with van der Waals surface area (Å²) in [5, 5.41) is 3.56. The van der Waals surface area contributed by atoms with Crippen molar-refractivity contribution in [1.29, 1.82) is 0 Å². The van der Waals surface area contributed by atoms with Gasteiger partial charge in [0.15, 0.2) is 0 Å². The van der Waals surface area contributed by atoms with Crippen LogP contribution in [0.25, 0.3) is 0 Å². The van der Waals surface area contributed by atoms with Crippen molar-refractivity contribution in [2.24, 2.45) is 0 Å². The molecule has 3 heteroatoms. The van der Waals surface area contributed by atoms with Gasteiger partial charge in [-0.15, -0.1) is 0 Å². The molecule has 3 rings (SSSR count). The lowest BCUT2D eigenvalue weighted by atomic mass is 9.95. The maximum absolute atomic E-state index is 6.60. The van der Waals surface area contributed by atoms with Gasteiger partial charge in [-0.05, 0) is 55.0 Å². The fourth-order valence-corrected chi connectivity index (χ4v) is 4.21. The van der Waals surface area contributed by atoms with E-state index in [1.54, 1.807) is 0 Å². The topological polar surface area (TPSA) is 38.0 Å². The van der Waals surface area contributed by atoms with E-state index < -0.39 is 0 Å². The molecule has 0 atom stereocenters. The van der Waals surface area contributed by atoms with Crippen LogP contribution in [0.1, 0.15) is 50.7 Å². The zero-order valence-corrected chi connectivity index (χ0v) is 14.9. The van der Waals surface area contributed by atoms with Crippen LogP contribution in [0.15, 0.2) is 40.1 Å². The summed E-state index contributed by atoms with van der Waals surface area (Å²) in [6, 6.07) is 10.8. The lowest BCUT2D eigenvalue weighted by molar-refractivity contribution is 0.758. The molecule has 0 bridgehead atoms. The van der Waals surface area contributed by atoms with Crippen molar-refractivity contribution < 1.29 is 0 Å². The van der Waals surface area contributed by atoms with E-state index in [4.69, 9.17) is 5.73 Å². The number of benzene rings is 2. The third-order valence-electron chi connectivity index (χ3n) is 4.48. The number of nitrogen functional groups attached to an aromatic ring is 1. The Morgan fingerprint density at radius 3 is 2.52 bits per heavy atom. The standard InChI is InChI=1S/C20H26N2S/c1-3-5-9-14-13-18-20(19(21)15(14)10-6-4-2)22-16-11-7-8-12-17(16)23-18/h7-8,11-13,22H,3-6,9-10,21H2,1-2H3. The summed E-state index contributed by atoms with van der Waals surface area (Å²) in [6.07, 6.45) is 7.07. The normalized spacial score (nSPS) is 12.4. The number of nitrogens with two attached hydrogens (primary N) is 1. The van der Waals surface area contributed by atoms with E-state index in [1.807, 2.05) is 11.8 Å². The molecule has 0 saturated carbocycles. The van der Waals surface area contributed by atoms with Gasteiger partial charge in [0.1, 0.15) is 0 Å². The number of hydrogen-bond donors (Lipinski definition) is 2. The number of rotatable bonds is 6. The van der Waals surface area contributed by atoms with Crippen LogP contribution < -0.4 is 11.1 Å². The minimum Gasteiger partial charge on any atom is -0.397 e. The molecule has 1 aliphatic heterocycles. The zero-order chi connectivity index (χ0) is 16.2. The van der Waals surface area contributed by atoms with Crippen molar-refractivity contribution in [3.63, 3.8) is 0 Å². The van der Waals surface area contributed by atoms with Crippen LogP contribution in [0.4, 0.5) is 17.1 Å². The number of aryl methyl sites for hydroxylation is 1. The molecule has 122 valence electrons. The SMILES string of the molecule is CCCCc1cc2c(c(N)c1CCCC)Nc1ccccc1S2. The van der Waals surface area contributed by atoms with Crippen LogP contribution in [-0.4, -0.2) is 0 Å². The second-order valence-electron chi connectivity index (χ2n) is 6.23. The molecule has 0 unspecified atom stereocenters. The van der Waals surface area contributed by atoms with Crippen LogP contribution in [0, 0.1) is 0 Å². The molecule has 2 aromatic carbocycles. The highest BCUT2D eigenvalue weighted by Crippen LogP contribution is 2.48. The minimum atomic E-state index is 0.962. The number of nitrogens with one attached hydrogen (secondary N) is 1. The Labute approximate surface area is 143 Å². The molecular formula is C20H26N2S. The Morgan fingerprint density at radius 1 is 1.00 bits per heavy atom. The Morgan fingerprint density at radius 2 is 1.74 bits per heavy atom. The summed E-state index contributed by atoms with van der Waals surface area (Å²) in [6.45, 7) is 4.49. The number of hydrogen-bond acceptors (Lipinski definition) is 3. The van der Waals surface area contributed by atoms with Crippen LogP contribution in [0.2, 0.25) is 0 Å². The summed E-state index contributed by atoms with van der Waals surface area (Å²) in [7, 11) is 0. The molecule has 23 heavy (non-hydrogen) atoms. The van der Waals surface area contributed by atoms with Gasteiger partial charge in [0, 0.05) is 9.79 Å². The highest BCUT2D eigenvalue weighted by atomic mass is 32.2. The highest BCUT2D eigenvalue weighted by Gasteiger charge is 2.21. The second kappa shape index (κ2) is 7.31. The molecule has 0 radical (unpaired) electrons. The maximum Gasteiger partial charge on any atom is 0.0762 e. The minimum absolute atomic E-state index is 0.962. The first-order chi connectivity index (χ1) is 11.2. The van der Waals surface area contributed by atoms with Crippen molar-refractivity contribution in [1.82, 2.24) is 0 Å². The predicted molar refractivity (Wildman–Crippen MR) is 102 cm³/mol. The van der Waals surface area contributed by atoms with E-state index in [0.717, 1.165) is 24.2 Å². The molecule has 0 fully saturated rings. The second-order valence-corrected chi connectivity index (χ2v) is 7.32. The fraction of sp³-hybridized carbons (Fsp3) is 0.400. The van der Waals surface area contributed by atoms with E-state index in [2.05, 4.69) is 49.5 Å². The fourth-order valence-electron chi connectivity index (χ4n) is 3.13. The summed E-state index contributed by atoms with van der Waals surface area (Å²) >= 11 is 1.83. The van der Waals surface area contributed by atoms with Crippen molar-refractivity contribution in [2.75, 3.05) is 11.1 Å². The molecule has 0 spiro atoms. The van der Waals surface area contributed by atoms with Gasteiger partial charge in [-0.2, -0.15) is 0 Å². The van der Waals surface area contributed by atoms with Gasteiger partial charge >= 0.3 is 0 Å². The molecule has 2 aromatic rings. The summed E-state index contributed by atoms with van der Waals surface area (Å²) in [5.74, 6) is 0. The van der Waals surface area contributed by atoms with Crippen LogP contribution in [0.3, 0.4) is 0 Å². The molecule has 3 N–H and O–H groups in total. The molecule has 1 aliphatic rings. The van der Waals surface area contributed by atoms with Gasteiger partial charge < -0.3 is 11.1 Å². The molecule has 0 amide bonds. The lowest BCUT2D eigenvalue weighted by Crippen LogP contribution is -2.09. The lowest BCUT2D eigenvalue weighted by Gasteiger charge is -2.25. The van der Waals surface area contributed by atoms with Crippen molar-refractivity contribution in [3.8, 4) is 0 Å². The first-order valence-corrected chi connectivity index (χ1v) is 9.54. The zero-order valence-electron chi connectivity index (χ0n) is 14.1. The predicted octanol–water partition coefficient (Wildman–Crippen LogP) is 6.16. The summed E-state index contributed by atoms with van der Waals surface area (Å²) < 4.78 is 0. The smallest absolute Gasteiger partial charge is 0.0762 e. The van der Waals surface area contributed by atoms with Gasteiger partial charge in [0.05, 0.1) is 17.1 Å². The largest absolute Gasteiger partial charge is 0.397 e. The van der Waals surface area contributed by atoms with Gasteiger partial charge in [-0.1, -0.05) is 50.6 Å². The van der Waals surface area contributed by atoms with E-state index in [-0.39, 0.29) is 0 Å². The van der Waals surface area contributed by atoms with Crippen LogP contribution in [0.5, 0.6) is 0 Å². The van der Waals surface area contributed by atoms with E-state index in [1.165, 1.54) is 52.3 Å². The van der Waals surface area contributed by atoms with E-state index in [0.29, 0.717) is 0 Å². The average molecular weight is 327 g/mol. The van der Waals surface area contributed by atoms with E-state index >= 15 is 0 Å². The first kappa shape index (κ1) is 16.3. The number of fused-ring (bicyclic) bond motifs is 2. The molecule has 0 aromatic heterocycles. The van der Waals surface area contributed by atoms with Crippen molar-refractivity contribution in [3.05, 3.63) is 41.5 Å². The quantitative estimate of drug-likeness (QED) is 0.533. The molecular weight excluding hydrogens is 300 g/mol. The molecule has 2 nitrogen and oxygen atoms in total. The third kappa shape index (κ3) is 3.35. The molecule has 0 saturated heterocycles. The molecule has 1 heterocycles. The van der Waals surface area contributed by atoms with Gasteiger partial charge in [0.25, 0.3) is 0 Å². The van der Waals surface area contributed by atoms with Gasteiger partial charge in [-0.25, -0.2) is 0 Å². The van der Waals surface area contributed by atoms with Crippen LogP contribution in [-0.2, 0) is 12.8 Å². The Balaban J connectivity index is 2.01. The number of unbranched alkanes of at least 4 members (excludes halogenated alkanes) is 2. The van der Waals surface area contributed by atoms with Gasteiger partial charge in [0.2, 0.25) is 0 Å². The molecule has 0 aliphatic carbocycles. The summed E-state index contributed by atoms with van der Waals surface area (Å²) in [4.78, 5) is 2.55. The monoisotopic (exact) mass is 326 g/mol. The number of para-hydroxylation sites is 1. The number of anilines is 3. The average Bonchev–Trinajstić information content (AvgIpc) is 2.58. The van der Waals surface area contributed by atoms with Crippen LogP contribution >= 0.6 is 11.8 Å². The maximum atomic E-state index is 6.60. The Bertz CT molecular complexity index is 694. The van der Waals surface area contributed by atoms with Crippen molar-refractivity contribution in [2.45, 2.75) is 62.2 Å². The third-order valence-corrected chi connectivity index (χ3v) is 5.60. The Hall–Kier alpha value is -1.61. The Kier molecular flexibility index (Phi) is 5.16. The van der Waals surface area contributed by atoms with Gasteiger partial charge in [-0.3, -0.25) is 0 Å². The first-order valence-electron chi connectivity index (χ1n) is 8.72. The summed E-state index contributed by atoms with van der Waals surface area (Å²) in [5.41, 5.74) is 12.7. The highest BCUT2D eigenvalue weighted by molar-refractivity contribution is 7.99.